The molecule has 0 spiro atoms. The van der Waals surface area contributed by atoms with Gasteiger partial charge in [-0.15, -0.1) is 0 Å². The zero-order valence-electron chi connectivity index (χ0n) is 51.5. The molecule has 0 unspecified atom stereocenters. The smallest absolute Gasteiger partial charge is 0.248 e. The van der Waals surface area contributed by atoms with Gasteiger partial charge in [-0.05, 0) is 246 Å². The first-order valence-electron chi connectivity index (χ1n) is 32.1. The van der Waals surface area contributed by atoms with Crippen molar-refractivity contribution in [2.45, 2.75) is 53.4 Å². The molecule has 6 heteroatoms. The van der Waals surface area contributed by atoms with E-state index in [0.29, 0.717) is 0 Å². The van der Waals surface area contributed by atoms with E-state index in [1.165, 1.54) is 132 Å². The average molecular weight is 1150 g/mol. The first kappa shape index (κ1) is 52.6. The van der Waals surface area contributed by atoms with Gasteiger partial charge in [0.15, 0.2) is 0 Å². The average Bonchev–Trinajstić information content (AvgIpc) is 0.675. The van der Waals surface area contributed by atoms with Crippen molar-refractivity contribution in [2.75, 3.05) is 19.6 Å². The summed E-state index contributed by atoms with van der Waals surface area (Å²) in [4.78, 5) is 10.0. The summed E-state index contributed by atoms with van der Waals surface area (Å²) < 4.78 is 0. The van der Waals surface area contributed by atoms with Crippen molar-refractivity contribution in [1.82, 2.24) is 0 Å². The lowest BCUT2D eigenvalue weighted by Gasteiger charge is -2.43. The molecule has 14 aromatic carbocycles. The Balaban J connectivity index is 0.975. The van der Waals surface area contributed by atoms with Crippen LogP contribution in [0, 0.1) is 13.8 Å². The van der Waals surface area contributed by atoms with Crippen molar-refractivity contribution in [3.8, 4) is 22.3 Å². The number of fused-ring (bicyclic) bond motifs is 8. The monoisotopic (exact) mass is 1150 g/mol. The third kappa shape index (κ3) is 7.64. The van der Waals surface area contributed by atoms with E-state index >= 15 is 0 Å². The van der Waals surface area contributed by atoms with Gasteiger partial charge < -0.3 is 19.6 Å². The Morgan fingerprint density at radius 3 is 1.12 bits per heavy atom. The van der Waals surface area contributed by atoms with Crippen molar-refractivity contribution in [3.63, 3.8) is 0 Å². The highest BCUT2D eigenvalue weighted by Crippen LogP contribution is 2.53. The lowest BCUT2D eigenvalue weighted by molar-refractivity contribution is 0.876. The summed E-state index contributed by atoms with van der Waals surface area (Å²) in [5.74, 6) is 0.453. The van der Waals surface area contributed by atoms with Crippen LogP contribution in [0.5, 0.6) is 0 Å². The van der Waals surface area contributed by atoms with Gasteiger partial charge in [-0.2, -0.15) is 0 Å². The first-order chi connectivity index (χ1) is 44.2. The molecule has 0 saturated heterocycles. The van der Waals surface area contributed by atoms with Crippen LogP contribution < -0.4 is 52.4 Å². The van der Waals surface area contributed by atoms with E-state index in [9.17, 15) is 0 Å². The maximum Gasteiger partial charge on any atom is 0.248 e. The van der Waals surface area contributed by atoms with Gasteiger partial charge in [-0.25, -0.2) is 0 Å². The van der Waals surface area contributed by atoms with Crippen molar-refractivity contribution in [3.05, 3.63) is 289 Å². The SMILES string of the molecule is Cc1ccc2c(c1)N(c1ccccc1)c1cc(N(c3ccccc3)c3ccccc3)cc3c1B2c1cc2c(C(C)C)cc4c5c(cc6c(C(C)C)cc-3c1c6c25)B1c2ccc(N(c3ccccc3)c3ccccc3)cc2N(c2ccccc2)c2cc(C)cc-4c21. The predicted molar refractivity (Wildman–Crippen MR) is 387 cm³/mol. The maximum absolute atomic E-state index is 2.70. The summed E-state index contributed by atoms with van der Waals surface area (Å²) in [6.45, 7) is 14.1. The second-order valence-corrected chi connectivity index (χ2v) is 26.1. The highest BCUT2D eigenvalue weighted by atomic mass is 15.2. The molecule has 4 nitrogen and oxygen atoms in total. The van der Waals surface area contributed by atoms with Crippen molar-refractivity contribution in [2.24, 2.45) is 0 Å². The van der Waals surface area contributed by atoms with E-state index in [4.69, 9.17) is 0 Å². The standard InChI is InChI=1S/C84H64B2N4/c1-51(2)63-47-65-69-41-54(6)43-77-83(69)86(72-40-38-61(45-76(72)90(77)60-35-23-12-24-36-60)87(55-25-13-7-14-26-55)56-27-15-8-16-28-56)73-49-68-64(52(3)4)48-66-70-44-62(88(57-29-17-9-18-30-57)58-31-19-10-20-32-58)46-78-84(70)85(74-50-67(63)81(79(65)73)82(68)80(66)74)71-39-37-53(5)42-75(71)89(78)59-33-21-11-22-34-59/h7-52H,1-6H3. The van der Waals surface area contributed by atoms with Crippen LogP contribution in [-0.2, 0) is 0 Å². The van der Waals surface area contributed by atoms with Crippen LogP contribution in [0.2, 0.25) is 0 Å². The predicted octanol–water partition coefficient (Wildman–Crippen LogP) is 18.9. The number of para-hydroxylation sites is 6. The molecule has 0 saturated carbocycles. The molecule has 4 heterocycles. The zero-order chi connectivity index (χ0) is 60.2. The lowest BCUT2D eigenvalue weighted by Crippen LogP contribution is -2.60. The summed E-state index contributed by atoms with van der Waals surface area (Å²) in [6, 6.07) is 101. The summed E-state index contributed by atoms with van der Waals surface area (Å²) in [5.41, 5.74) is 32.6. The number of rotatable bonds is 10. The van der Waals surface area contributed by atoms with Crippen molar-refractivity contribution < 1.29 is 0 Å². The molecule has 0 atom stereocenters. The third-order valence-electron chi connectivity index (χ3n) is 20.1. The van der Waals surface area contributed by atoms with Crippen LogP contribution in [0.4, 0.5) is 68.2 Å². The molecule has 0 amide bonds. The molecular formula is C84H64B2N4. The van der Waals surface area contributed by atoms with Crippen LogP contribution >= 0.6 is 0 Å². The van der Waals surface area contributed by atoms with Crippen LogP contribution in [0.3, 0.4) is 0 Å². The van der Waals surface area contributed by atoms with Crippen molar-refractivity contribution >= 4 is 147 Å². The molecule has 90 heavy (non-hydrogen) atoms. The first-order valence-corrected chi connectivity index (χ1v) is 32.1. The molecule has 426 valence electrons. The minimum atomic E-state index is -0.0530. The van der Waals surface area contributed by atoms with Gasteiger partial charge >= 0.3 is 0 Å². The van der Waals surface area contributed by atoms with Crippen molar-refractivity contribution in [1.29, 1.82) is 0 Å². The Morgan fingerprint density at radius 1 is 0.289 bits per heavy atom. The number of anilines is 12. The summed E-state index contributed by atoms with van der Waals surface area (Å²) in [7, 11) is 0. The Labute approximate surface area is 528 Å². The van der Waals surface area contributed by atoms with Crippen LogP contribution in [0.15, 0.2) is 267 Å². The van der Waals surface area contributed by atoms with Gasteiger partial charge in [-0.3, -0.25) is 0 Å². The summed E-state index contributed by atoms with van der Waals surface area (Å²) >= 11 is 0. The highest BCUT2D eigenvalue weighted by molar-refractivity contribution is 7.02. The number of aryl methyl sites for hydroxylation is 2. The Hall–Kier alpha value is -10.6. The van der Waals surface area contributed by atoms with Crippen LogP contribution in [0.1, 0.15) is 61.8 Å². The fourth-order valence-corrected chi connectivity index (χ4v) is 16.4. The number of hydrogen-bond donors (Lipinski definition) is 0. The van der Waals surface area contributed by atoms with E-state index in [-0.39, 0.29) is 25.3 Å². The van der Waals surface area contributed by atoms with E-state index in [0.717, 1.165) is 45.5 Å². The lowest BCUT2D eigenvalue weighted by atomic mass is 9.31. The van der Waals surface area contributed by atoms with E-state index in [2.05, 4.69) is 328 Å². The summed E-state index contributed by atoms with van der Waals surface area (Å²) in [6.07, 6.45) is 0. The second kappa shape index (κ2) is 20.0. The summed E-state index contributed by atoms with van der Waals surface area (Å²) in [5, 5.41) is 8.33. The quantitative estimate of drug-likeness (QED) is 0.0999. The molecule has 0 radical (unpaired) electrons. The minimum Gasteiger partial charge on any atom is -0.311 e. The number of benzene rings is 14. The fourth-order valence-electron chi connectivity index (χ4n) is 16.4. The van der Waals surface area contributed by atoms with Crippen LogP contribution in [-0.4, -0.2) is 13.4 Å². The van der Waals surface area contributed by atoms with E-state index in [1.54, 1.807) is 0 Å². The minimum absolute atomic E-state index is 0.0433. The van der Waals surface area contributed by atoms with E-state index < -0.39 is 0 Å². The Kier molecular flexibility index (Phi) is 11.7. The molecule has 4 aliphatic rings. The van der Waals surface area contributed by atoms with Gasteiger partial charge in [-0.1, -0.05) is 184 Å². The zero-order valence-corrected chi connectivity index (χ0v) is 51.5. The Morgan fingerprint density at radius 2 is 0.667 bits per heavy atom. The molecule has 0 bridgehead atoms. The molecule has 0 fully saturated rings. The van der Waals surface area contributed by atoms with Crippen LogP contribution in [0.25, 0.3) is 54.6 Å². The number of hydrogen-bond acceptors (Lipinski definition) is 4. The molecular weight excluding hydrogens is 1090 g/mol. The maximum atomic E-state index is 2.70. The fraction of sp³-hybridized carbons (Fsp3) is 0.0952. The van der Waals surface area contributed by atoms with Gasteiger partial charge in [0.1, 0.15) is 0 Å². The number of nitrogens with zero attached hydrogens (tertiary/aromatic N) is 4. The second-order valence-electron chi connectivity index (χ2n) is 26.1. The molecule has 0 aromatic heterocycles. The van der Waals surface area contributed by atoms with Gasteiger partial charge in [0.05, 0.1) is 0 Å². The molecule has 0 aliphatic carbocycles. The Bertz CT molecular complexity index is 5150. The van der Waals surface area contributed by atoms with Gasteiger partial charge in [0.2, 0.25) is 13.4 Å². The largest absolute Gasteiger partial charge is 0.311 e. The normalized spacial score (nSPS) is 13.1. The topological polar surface area (TPSA) is 13.0 Å². The third-order valence-corrected chi connectivity index (χ3v) is 20.1. The van der Waals surface area contributed by atoms with Gasteiger partial charge in [0, 0.05) is 68.2 Å². The van der Waals surface area contributed by atoms with E-state index in [1.807, 2.05) is 0 Å². The van der Waals surface area contributed by atoms with Gasteiger partial charge in [0.25, 0.3) is 0 Å². The molecule has 14 aromatic rings. The molecule has 18 rings (SSSR count). The molecule has 0 N–H and O–H groups in total. The highest BCUT2D eigenvalue weighted by Gasteiger charge is 2.46. The molecule has 4 aliphatic heterocycles.